The van der Waals surface area contributed by atoms with Crippen LogP contribution in [0.15, 0.2) is 46.6 Å². The van der Waals surface area contributed by atoms with Gasteiger partial charge in [0.2, 0.25) is 5.88 Å². The maximum atomic E-state index is 12.7. The van der Waals surface area contributed by atoms with Crippen molar-refractivity contribution in [3.05, 3.63) is 58.9 Å². The minimum atomic E-state index is -4.38. The van der Waals surface area contributed by atoms with Gasteiger partial charge in [-0.05, 0) is 28.5 Å². The van der Waals surface area contributed by atoms with Gasteiger partial charge in [0.1, 0.15) is 16.9 Å². The zero-order valence-corrected chi connectivity index (χ0v) is 17.3. The van der Waals surface area contributed by atoms with Crippen molar-refractivity contribution in [3.63, 3.8) is 0 Å². The molecule has 0 saturated carbocycles. The largest absolute Gasteiger partial charge is 0.469 e. The van der Waals surface area contributed by atoms with E-state index in [9.17, 15) is 13.2 Å². The Morgan fingerprint density at radius 2 is 1.80 bits per heavy atom. The van der Waals surface area contributed by atoms with E-state index in [-0.39, 0.29) is 12.0 Å². The molecule has 0 fully saturated rings. The molecule has 1 aromatic carbocycles. The zero-order valence-electron chi connectivity index (χ0n) is 16.4. The number of halogens is 3. The predicted molar refractivity (Wildman–Crippen MR) is 107 cm³/mol. The minimum Gasteiger partial charge on any atom is -0.469 e. The summed E-state index contributed by atoms with van der Waals surface area (Å²) in [7, 11) is 0. The van der Waals surface area contributed by atoms with Crippen molar-refractivity contribution in [2.45, 2.75) is 39.0 Å². The van der Waals surface area contributed by atoms with Gasteiger partial charge in [-0.15, -0.1) is 11.3 Å². The van der Waals surface area contributed by atoms with E-state index in [0.717, 1.165) is 27.9 Å². The summed E-state index contributed by atoms with van der Waals surface area (Å²) in [6.45, 7) is 6.41. The van der Waals surface area contributed by atoms with Gasteiger partial charge < -0.3 is 9.26 Å². The van der Waals surface area contributed by atoms with Crippen LogP contribution in [0.4, 0.5) is 13.2 Å². The summed E-state index contributed by atoms with van der Waals surface area (Å²) in [5, 5.41) is 6.86. The first-order chi connectivity index (χ1) is 14.1. The van der Waals surface area contributed by atoms with Crippen LogP contribution in [0, 0.1) is 0 Å². The summed E-state index contributed by atoms with van der Waals surface area (Å²) in [6.07, 6.45) is -2.92. The average molecular weight is 433 g/mol. The van der Waals surface area contributed by atoms with Crippen molar-refractivity contribution in [1.29, 1.82) is 0 Å². The number of fused-ring (bicyclic) bond motifs is 1. The number of aromatic nitrogens is 3. The van der Waals surface area contributed by atoms with Crippen molar-refractivity contribution < 1.29 is 22.4 Å². The molecule has 30 heavy (non-hydrogen) atoms. The summed E-state index contributed by atoms with van der Waals surface area (Å²) in [5.41, 5.74) is 1.25. The monoisotopic (exact) mass is 433 g/mol. The predicted octanol–water partition coefficient (Wildman–Crippen LogP) is 6.24. The minimum absolute atomic E-state index is 0.0825. The molecule has 0 saturated heterocycles. The maximum absolute atomic E-state index is 12.7. The molecule has 0 aliphatic rings. The third-order valence-electron chi connectivity index (χ3n) is 4.56. The molecule has 0 N–H and O–H groups in total. The first-order valence-corrected chi connectivity index (χ1v) is 9.99. The van der Waals surface area contributed by atoms with Crippen LogP contribution in [0.1, 0.15) is 37.7 Å². The van der Waals surface area contributed by atoms with Crippen molar-refractivity contribution in [2.75, 3.05) is 0 Å². The molecule has 0 radical (unpaired) electrons. The average Bonchev–Trinajstić information content (AvgIpc) is 3.33. The van der Waals surface area contributed by atoms with Crippen molar-refractivity contribution in [2.24, 2.45) is 0 Å². The second-order valence-corrected chi connectivity index (χ2v) is 8.66. The lowest BCUT2D eigenvalue weighted by Gasteiger charge is -2.18. The fourth-order valence-electron chi connectivity index (χ4n) is 3.00. The number of thiophene rings is 1. The normalized spacial score (nSPS) is 12.5. The summed E-state index contributed by atoms with van der Waals surface area (Å²) < 4.78 is 49.3. The van der Waals surface area contributed by atoms with Crippen LogP contribution in [0.5, 0.6) is 5.88 Å². The van der Waals surface area contributed by atoms with Gasteiger partial charge >= 0.3 is 6.18 Å². The van der Waals surface area contributed by atoms with Crippen LogP contribution in [0.3, 0.4) is 0 Å². The van der Waals surface area contributed by atoms with E-state index < -0.39 is 11.7 Å². The molecule has 0 aliphatic carbocycles. The molecule has 0 spiro atoms. The molecule has 4 aromatic rings. The molecule has 5 nitrogen and oxygen atoms in total. The molecule has 3 heterocycles. The van der Waals surface area contributed by atoms with Gasteiger partial charge in [-0.2, -0.15) is 13.2 Å². The second-order valence-electron chi connectivity index (χ2n) is 7.80. The van der Waals surface area contributed by atoms with E-state index in [1.807, 2.05) is 0 Å². The molecule has 156 valence electrons. The standard InChI is InChI=1S/C21H18F3N3O2S/c1-20(2,3)15-10-30-19-17(15)18(25-11-26-19)28-9-14-8-16(27-29-14)12-4-6-13(7-5-12)21(22,23)24/h4-8,10-11H,9H2,1-3H3. The van der Waals surface area contributed by atoms with Gasteiger partial charge in [0, 0.05) is 11.6 Å². The van der Waals surface area contributed by atoms with E-state index in [1.54, 1.807) is 6.07 Å². The van der Waals surface area contributed by atoms with E-state index in [1.165, 1.54) is 29.8 Å². The molecule has 0 aliphatic heterocycles. The van der Waals surface area contributed by atoms with Crippen molar-refractivity contribution in [1.82, 2.24) is 15.1 Å². The third kappa shape index (κ3) is 4.02. The SMILES string of the molecule is CC(C)(C)c1csc2ncnc(OCc3cc(-c4ccc(C(F)(F)F)cc4)no3)c12. The molecule has 9 heteroatoms. The Hall–Kier alpha value is -2.94. The second kappa shape index (κ2) is 7.39. The lowest BCUT2D eigenvalue weighted by molar-refractivity contribution is -0.137. The molecular formula is C21H18F3N3O2S. The Labute approximate surface area is 174 Å². The fourth-order valence-corrected chi connectivity index (χ4v) is 4.12. The van der Waals surface area contributed by atoms with Crippen LogP contribution in [0.2, 0.25) is 0 Å². The Kier molecular flexibility index (Phi) is 5.01. The van der Waals surface area contributed by atoms with Gasteiger partial charge in [-0.3, -0.25) is 0 Å². The molecule has 0 bridgehead atoms. The van der Waals surface area contributed by atoms with Crippen LogP contribution in [-0.2, 0) is 18.2 Å². The Morgan fingerprint density at radius 1 is 1.07 bits per heavy atom. The van der Waals surface area contributed by atoms with Crippen LogP contribution >= 0.6 is 11.3 Å². The van der Waals surface area contributed by atoms with E-state index >= 15 is 0 Å². The smallest absolute Gasteiger partial charge is 0.416 e. The quantitative estimate of drug-likeness (QED) is 0.381. The number of alkyl halides is 3. The number of hydrogen-bond donors (Lipinski definition) is 0. The lowest BCUT2D eigenvalue weighted by atomic mass is 9.87. The van der Waals surface area contributed by atoms with E-state index in [4.69, 9.17) is 9.26 Å². The first kappa shape index (κ1) is 20.3. The maximum Gasteiger partial charge on any atom is 0.416 e. The molecule has 0 amide bonds. The third-order valence-corrected chi connectivity index (χ3v) is 5.45. The van der Waals surface area contributed by atoms with Gasteiger partial charge in [0.15, 0.2) is 12.4 Å². The molecular weight excluding hydrogens is 415 g/mol. The first-order valence-electron chi connectivity index (χ1n) is 9.11. The highest BCUT2D eigenvalue weighted by molar-refractivity contribution is 7.17. The number of hydrogen-bond acceptors (Lipinski definition) is 6. The van der Waals surface area contributed by atoms with Crippen molar-refractivity contribution >= 4 is 21.6 Å². The highest BCUT2D eigenvalue weighted by atomic mass is 32.1. The van der Waals surface area contributed by atoms with E-state index in [2.05, 4.69) is 41.3 Å². The number of benzene rings is 1. The van der Waals surface area contributed by atoms with Crippen molar-refractivity contribution in [3.8, 4) is 17.1 Å². The summed E-state index contributed by atoms with van der Waals surface area (Å²) in [4.78, 5) is 9.42. The summed E-state index contributed by atoms with van der Waals surface area (Å²) in [5.74, 6) is 0.892. The molecule has 4 rings (SSSR count). The molecule has 3 aromatic heterocycles. The van der Waals surface area contributed by atoms with Crippen LogP contribution < -0.4 is 4.74 Å². The van der Waals surface area contributed by atoms with Gasteiger partial charge in [-0.25, -0.2) is 9.97 Å². The Morgan fingerprint density at radius 3 is 2.47 bits per heavy atom. The lowest BCUT2D eigenvalue weighted by Crippen LogP contribution is -2.11. The van der Waals surface area contributed by atoms with Gasteiger partial charge in [0.25, 0.3) is 0 Å². The van der Waals surface area contributed by atoms with Gasteiger partial charge in [-0.1, -0.05) is 38.1 Å². The Balaban J connectivity index is 1.54. The topological polar surface area (TPSA) is 61.0 Å². The number of ether oxygens (including phenoxy) is 1. The molecule has 0 atom stereocenters. The number of nitrogens with zero attached hydrogens (tertiary/aromatic N) is 3. The number of rotatable bonds is 4. The van der Waals surface area contributed by atoms with Gasteiger partial charge in [0.05, 0.1) is 10.9 Å². The molecule has 0 unspecified atom stereocenters. The highest BCUT2D eigenvalue weighted by Gasteiger charge is 2.30. The fraction of sp³-hybridized carbons (Fsp3) is 0.286. The summed E-state index contributed by atoms with van der Waals surface area (Å²) >= 11 is 1.53. The highest BCUT2D eigenvalue weighted by Crippen LogP contribution is 2.38. The van der Waals surface area contributed by atoms with E-state index in [0.29, 0.717) is 22.9 Å². The van der Waals surface area contributed by atoms with Crippen LogP contribution in [-0.4, -0.2) is 15.1 Å². The zero-order chi connectivity index (χ0) is 21.5. The van der Waals surface area contributed by atoms with Crippen LogP contribution in [0.25, 0.3) is 21.5 Å². The summed E-state index contributed by atoms with van der Waals surface area (Å²) in [6, 6.07) is 6.39. The Bertz CT molecular complexity index is 1170.